The highest BCUT2D eigenvalue weighted by Crippen LogP contribution is 2.19. The largest absolute Gasteiger partial charge is 0.372 e. The number of rotatable bonds is 4. The number of amides is 1. The Bertz CT molecular complexity index is 722. The molecule has 2 aromatic carbocycles. The standard InChI is InChI=1S/C19H19ClFNO2/c20-15-6-3-5-14(11-15)13-24-16-7-4-10-22(12-16)19(23)17-8-1-2-9-18(17)21/h1-3,5-6,8-9,11,16H,4,7,10,12-13H2. The van der Waals surface area contributed by atoms with Crippen molar-refractivity contribution in [3.8, 4) is 0 Å². The van der Waals surface area contributed by atoms with E-state index in [9.17, 15) is 9.18 Å². The maximum Gasteiger partial charge on any atom is 0.256 e. The van der Waals surface area contributed by atoms with Gasteiger partial charge in [-0.25, -0.2) is 4.39 Å². The molecule has 3 rings (SSSR count). The molecule has 3 nitrogen and oxygen atoms in total. The van der Waals surface area contributed by atoms with Crippen LogP contribution in [0.2, 0.25) is 5.02 Å². The summed E-state index contributed by atoms with van der Waals surface area (Å²) in [6.07, 6.45) is 1.69. The van der Waals surface area contributed by atoms with Gasteiger partial charge in [-0.3, -0.25) is 4.79 Å². The molecule has 1 amide bonds. The van der Waals surface area contributed by atoms with Crippen LogP contribution in [-0.4, -0.2) is 30.0 Å². The number of carbonyl (C=O) groups excluding carboxylic acids is 1. The Labute approximate surface area is 146 Å². The van der Waals surface area contributed by atoms with E-state index in [4.69, 9.17) is 16.3 Å². The van der Waals surface area contributed by atoms with Gasteiger partial charge in [0.15, 0.2) is 0 Å². The Morgan fingerprint density at radius 2 is 2.08 bits per heavy atom. The molecule has 1 fully saturated rings. The van der Waals surface area contributed by atoms with Crippen LogP contribution in [0, 0.1) is 5.82 Å². The van der Waals surface area contributed by atoms with E-state index in [1.54, 1.807) is 17.0 Å². The minimum atomic E-state index is -0.482. The number of ether oxygens (including phenoxy) is 1. The molecule has 0 aromatic heterocycles. The molecular weight excluding hydrogens is 329 g/mol. The molecule has 1 aliphatic rings. The Kier molecular flexibility index (Phi) is 5.48. The van der Waals surface area contributed by atoms with Crippen molar-refractivity contribution >= 4 is 17.5 Å². The fourth-order valence-corrected chi connectivity index (χ4v) is 3.12. The lowest BCUT2D eigenvalue weighted by Gasteiger charge is -2.32. The quantitative estimate of drug-likeness (QED) is 0.825. The van der Waals surface area contributed by atoms with E-state index < -0.39 is 5.82 Å². The van der Waals surface area contributed by atoms with Crippen molar-refractivity contribution in [1.82, 2.24) is 4.90 Å². The van der Waals surface area contributed by atoms with Crippen molar-refractivity contribution in [1.29, 1.82) is 0 Å². The van der Waals surface area contributed by atoms with Crippen LogP contribution in [0.1, 0.15) is 28.8 Å². The average Bonchev–Trinajstić information content (AvgIpc) is 2.60. The maximum absolute atomic E-state index is 13.8. The molecule has 2 aromatic rings. The SMILES string of the molecule is O=C(c1ccccc1F)N1CCCC(OCc2cccc(Cl)c2)C1. The number of benzene rings is 2. The van der Waals surface area contributed by atoms with Gasteiger partial charge in [0.1, 0.15) is 5.82 Å². The van der Waals surface area contributed by atoms with E-state index in [1.165, 1.54) is 12.1 Å². The van der Waals surface area contributed by atoms with Gasteiger partial charge in [0.2, 0.25) is 0 Å². The summed E-state index contributed by atoms with van der Waals surface area (Å²) in [4.78, 5) is 14.2. The molecule has 126 valence electrons. The second-order valence-corrected chi connectivity index (χ2v) is 6.37. The Balaban J connectivity index is 1.60. The normalized spacial score (nSPS) is 17.8. The Morgan fingerprint density at radius 1 is 1.25 bits per heavy atom. The summed E-state index contributed by atoms with van der Waals surface area (Å²) in [5, 5.41) is 0.677. The predicted octanol–water partition coefficient (Wildman–Crippen LogP) is 4.30. The summed E-state index contributed by atoms with van der Waals surface area (Å²) in [6, 6.07) is 13.6. The molecule has 0 radical (unpaired) electrons. The van der Waals surface area contributed by atoms with Crippen molar-refractivity contribution in [3.05, 3.63) is 70.5 Å². The minimum Gasteiger partial charge on any atom is -0.372 e. The molecule has 1 unspecified atom stereocenters. The lowest BCUT2D eigenvalue weighted by Crippen LogP contribution is -2.43. The highest BCUT2D eigenvalue weighted by Gasteiger charge is 2.26. The van der Waals surface area contributed by atoms with Gasteiger partial charge in [-0.1, -0.05) is 35.9 Å². The lowest BCUT2D eigenvalue weighted by molar-refractivity contribution is -0.00685. The number of hydrogen-bond donors (Lipinski definition) is 0. The van der Waals surface area contributed by atoms with E-state index in [1.807, 2.05) is 24.3 Å². The molecule has 1 atom stereocenters. The van der Waals surface area contributed by atoms with Crippen LogP contribution in [0.15, 0.2) is 48.5 Å². The molecule has 5 heteroatoms. The molecule has 24 heavy (non-hydrogen) atoms. The third-order valence-electron chi connectivity index (χ3n) is 4.14. The van der Waals surface area contributed by atoms with Gasteiger partial charge < -0.3 is 9.64 Å². The van der Waals surface area contributed by atoms with Gasteiger partial charge >= 0.3 is 0 Å². The number of piperidine rings is 1. The molecule has 0 aliphatic carbocycles. The van der Waals surface area contributed by atoms with Crippen molar-refractivity contribution in [2.24, 2.45) is 0 Å². The molecule has 0 saturated carbocycles. The summed E-state index contributed by atoms with van der Waals surface area (Å²) >= 11 is 5.97. The smallest absolute Gasteiger partial charge is 0.256 e. The third kappa shape index (κ3) is 4.13. The van der Waals surface area contributed by atoms with Crippen molar-refractivity contribution in [3.63, 3.8) is 0 Å². The Hall–Kier alpha value is -1.91. The van der Waals surface area contributed by atoms with Gasteiger partial charge in [0.05, 0.1) is 18.3 Å². The first-order valence-corrected chi connectivity index (χ1v) is 8.41. The molecular formula is C19H19ClFNO2. The summed E-state index contributed by atoms with van der Waals surface area (Å²) in [6.45, 7) is 1.56. The van der Waals surface area contributed by atoms with E-state index in [0.717, 1.165) is 18.4 Å². The predicted molar refractivity (Wildman–Crippen MR) is 91.6 cm³/mol. The summed E-state index contributed by atoms with van der Waals surface area (Å²) in [5.41, 5.74) is 1.12. The van der Waals surface area contributed by atoms with Gasteiger partial charge in [-0.05, 0) is 42.7 Å². The highest BCUT2D eigenvalue weighted by atomic mass is 35.5. The molecule has 1 heterocycles. The zero-order valence-corrected chi connectivity index (χ0v) is 14.0. The van der Waals surface area contributed by atoms with Crippen molar-refractivity contribution < 1.29 is 13.9 Å². The van der Waals surface area contributed by atoms with Crippen molar-refractivity contribution in [2.45, 2.75) is 25.6 Å². The van der Waals surface area contributed by atoms with Gasteiger partial charge in [-0.15, -0.1) is 0 Å². The van der Waals surface area contributed by atoms with Gasteiger partial charge in [0.25, 0.3) is 5.91 Å². The molecule has 0 N–H and O–H groups in total. The first-order valence-electron chi connectivity index (χ1n) is 8.03. The number of nitrogens with zero attached hydrogens (tertiary/aromatic N) is 1. The highest BCUT2D eigenvalue weighted by molar-refractivity contribution is 6.30. The zero-order chi connectivity index (χ0) is 16.9. The zero-order valence-electron chi connectivity index (χ0n) is 13.3. The number of hydrogen-bond acceptors (Lipinski definition) is 2. The Morgan fingerprint density at radius 3 is 2.88 bits per heavy atom. The first kappa shape index (κ1) is 16.9. The average molecular weight is 348 g/mol. The second-order valence-electron chi connectivity index (χ2n) is 5.94. The van der Waals surface area contributed by atoms with Crippen molar-refractivity contribution in [2.75, 3.05) is 13.1 Å². The minimum absolute atomic E-state index is 0.0477. The summed E-state index contributed by atoms with van der Waals surface area (Å²) in [7, 11) is 0. The van der Waals surface area contributed by atoms with Crippen LogP contribution in [-0.2, 0) is 11.3 Å². The maximum atomic E-state index is 13.8. The van der Waals surface area contributed by atoms with E-state index >= 15 is 0 Å². The van der Waals surface area contributed by atoms with Crippen LogP contribution >= 0.6 is 11.6 Å². The van der Waals surface area contributed by atoms with Crippen LogP contribution in [0.4, 0.5) is 4.39 Å². The first-order chi connectivity index (χ1) is 11.6. The van der Waals surface area contributed by atoms with E-state index in [0.29, 0.717) is 24.7 Å². The molecule has 1 saturated heterocycles. The lowest BCUT2D eigenvalue weighted by atomic mass is 10.1. The molecule has 0 spiro atoms. The fraction of sp³-hybridized carbons (Fsp3) is 0.316. The van der Waals surface area contributed by atoms with E-state index in [-0.39, 0.29) is 17.6 Å². The fourth-order valence-electron chi connectivity index (χ4n) is 2.90. The van der Waals surface area contributed by atoms with Crippen LogP contribution in [0.25, 0.3) is 0 Å². The van der Waals surface area contributed by atoms with Crippen LogP contribution in [0.5, 0.6) is 0 Å². The number of carbonyl (C=O) groups is 1. The van der Waals surface area contributed by atoms with E-state index in [2.05, 4.69) is 0 Å². The molecule has 1 aliphatic heterocycles. The monoisotopic (exact) mass is 347 g/mol. The van der Waals surface area contributed by atoms with Gasteiger partial charge in [-0.2, -0.15) is 0 Å². The third-order valence-corrected chi connectivity index (χ3v) is 4.38. The van der Waals surface area contributed by atoms with Gasteiger partial charge in [0, 0.05) is 18.1 Å². The molecule has 0 bridgehead atoms. The summed E-state index contributed by atoms with van der Waals surface area (Å²) < 4.78 is 19.7. The topological polar surface area (TPSA) is 29.5 Å². The van der Waals surface area contributed by atoms with Crippen LogP contribution in [0.3, 0.4) is 0 Å². The van der Waals surface area contributed by atoms with Crippen LogP contribution < -0.4 is 0 Å². The summed E-state index contributed by atoms with van der Waals surface area (Å²) in [5.74, 6) is -0.756. The number of halogens is 2. The number of likely N-dealkylation sites (tertiary alicyclic amines) is 1. The second kappa shape index (κ2) is 7.77.